The predicted molar refractivity (Wildman–Crippen MR) is 88.3 cm³/mol. The van der Waals surface area contributed by atoms with Crippen LogP contribution in [0.5, 0.6) is 5.75 Å². The molecule has 22 heavy (non-hydrogen) atoms. The highest BCUT2D eigenvalue weighted by molar-refractivity contribution is 6.30. The number of halogens is 1. The van der Waals surface area contributed by atoms with Crippen molar-refractivity contribution in [2.75, 3.05) is 0 Å². The van der Waals surface area contributed by atoms with Crippen molar-refractivity contribution in [2.24, 2.45) is 5.10 Å². The number of ether oxygens (including phenoxy) is 1. The van der Waals surface area contributed by atoms with E-state index in [1.165, 1.54) is 5.56 Å². The lowest BCUT2D eigenvalue weighted by Crippen LogP contribution is -2.48. The maximum absolute atomic E-state index is 6.13. The first-order valence-corrected chi connectivity index (χ1v) is 7.83. The molecule has 2 aliphatic rings. The highest BCUT2D eigenvalue weighted by Gasteiger charge is 2.44. The van der Waals surface area contributed by atoms with Gasteiger partial charge in [-0.15, -0.1) is 0 Å². The van der Waals surface area contributed by atoms with Crippen molar-refractivity contribution in [3.63, 3.8) is 0 Å². The molecule has 3 nitrogen and oxygen atoms in total. The van der Waals surface area contributed by atoms with Crippen LogP contribution in [-0.4, -0.2) is 16.4 Å². The van der Waals surface area contributed by atoms with Gasteiger partial charge in [0.2, 0.25) is 0 Å². The van der Waals surface area contributed by atoms with Crippen molar-refractivity contribution in [3.8, 4) is 5.75 Å². The van der Waals surface area contributed by atoms with E-state index in [1.54, 1.807) is 0 Å². The van der Waals surface area contributed by atoms with E-state index >= 15 is 0 Å². The quantitative estimate of drug-likeness (QED) is 0.767. The van der Waals surface area contributed by atoms with Gasteiger partial charge in [0, 0.05) is 17.0 Å². The zero-order valence-corrected chi connectivity index (χ0v) is 13.3. The number of rotatable bonds is 1. The van der Waals surface area contributed by atoms with Crippen LogP contribution in [-0.2, 0) is 0 Å². The number of hydrazone groups is 1. The summed E-state index contributed by atoms with van der Waals surface area (Å²) in [4.78, 5) is 0. The summed E-state index contributed by atoms with van der Waals surface area (Å²) in [6.07, 6.45) is 0.880. The largest absolute Gasteiger partial charge is 0.467 e. The Kier molecular flexibility index (Phi) is 2.95. The molecule has 0 saturated carbocycles. The fraction of sp³-hybridized carbons (Fsp3) is 0.278. The molecule has 4 rings (SSSR count). The number of hydrogen-bond donors (Lipinski definition) is 0. The van der Waals surface area contributed by atoms with Crippen LogP contribution in [0, 0.1) is 0 Å². The molecule has 0 amide bonds. The Labute approximate surface area is 135 Å². The fourth-order valence-corrected chi connectivity index (χ4v) is 3.36. The van der Waals surface area contributed by atoms with Gasteiger partial charge in [-0.05, 0) is 37.6 Å². The van der Waals surface area contributed by atoms with Gasteiger partial charge in [0.15, 0.2) is 5.72 Å². The van der Waals surface area contributed by atoms with Crippen molar-refractivity contribution in [1.82, 2.24) is 5.01 Å². The highest BCUT2D eigenvalue weighted by atomic mass is 35.5. The number of para-hydroxylation sites is 1. The maximum atomic E-state index is 6.13. The van der Waals surface area contributed by atoms with Crippen LogP contribution in [0.2, 0.25) is 5.02 Å². The predicted octanol–water partition coefficient (Wildman–Crippen LogP) is 4.62. The molecule has 2 aromatic carbocycles. The van der Waals surface area contributed by atoms with Gasteiger partial charge in [0.1, 0.15) is 5.75 Å². The first kappa shape index (κ1) is 13.6. The average molecular weight is 313 g/mol. The Hall–Kier alpha value is -2.00. The Morgan fingerprint density at radius 1 is 1.14 bits per heavy atom. The topological polar surface area (TPSA) is 24.8 Å². The van der Waals surface area contributed by atoms with E-state index in [1.807, 2.05) is 36.4 Å². The number of fused-ring (bicyclic) bond motifs is 3. The second kappa shape index (κ2) is 4.75. The normalized spacial score (nSPS) is 21.7. The summed E-state index contributed by atoms with van der Waals surface area (Å²) in [6.45, 7) is 4.12. The standard InChI is InChI=1S/C18H17ClN2O/c1-18(2)21-16(14-5-3-4-6-17(14)22-18)11-15(20-21)12-7-9-13(19)10-8-12/h3-10,16H,11H2,1-2H3/t16-/m0/s1. The molecule has 0 aromatic heterocycles. The SMILES string of the molecule is CC1(C)Oc2ccccc2[C@@H]2CC(c3ccc(Cl)cc3)=NN21. The highest BCUT2D eigenvalue weighted by Crippen LogP contribution is 2.46. The molecule has 0 saturated heterocycles. The number of nitrogens with zero attached hydrogens (tertiary/aromatic N) is 2. The number of benzene rings is 2. The fourth-order valence-electron chi connectivity index (χ4n) is 3.23. The molecule has 0 bridgehead atoms. The Bertz CT molecular complexity index is 752. The lowest BCUT2D eigenvalue weighted by Gasteiger charge is -2.43. The first-order valence-electron chi connectivity index (χ1n) is 7.45. The monoisotopic (exact) mass is 312 g/mol. The Balaban J connectivity index is 1.76. The van der Waals surface area contributed by atoms with Gasteiger partial charge >= 0.3 is 0 Å². The van der Waals surface area contributed by atoms with E-state index in [0.29, 0.717) is 0 Å². The van der Waals surface area contributed by atoms with Gasteiger partial charge in [-0.25, -0.2) is 5.01 Å². The van der Waals surface area contributed by atoms with Gasteiger partial charge in [-0.3, -0.25) is 0 Å². The van der Waals surface area contributed by atoms with Crippen molar-refractivity contribution < 1.29 is 4.74 Å². The molecule has 2 heterocycles. The molecule has 1 atom stereocenters. The summed E-state index contributed by atoms with van der Waals surface area (Å²) in [5, 5.41) is 7.67. The van der Waals surface area contributed by atoms with Crippen LogP contribution in [0.3, 0.4) is 0 Å². The zero-order valence-electron chi connectivity index (χ0n) is 12.6. The minimum atomic E-state index is -0.451. The average Bonchev–Trinajstić information content (AvgIpc) is 2.94. The molecule has 2 aliphatic heterocycles. The molecule has 0 fully saturated rings. The van der Waals surface area contributed by atoms with Crippen LogP contribution >= 0.6 is 11.6 Å². The molecule has 4 heteroatoms. The summed E-state index contributed by atoms with van der Waals surface area (Å²) >= 11 is 5.98. The third kappa shape index (κ3) is 2.08. The second-order valence-electron chi connectivity index (χ2n) is 6.20. The van der Waals surface area contributed by atoms with E-state index in [2.05, 4.69) is 31.0 Å². The Morgan fingerprint density at radius 3 is 2.64 bits per heavy atom. The van der Waals surface area contributed by atoms with Crippen molar-refractivity contribution in [3.05, 3.63) is 64.7 Å². The lowest BCUT2D eigenvalue weighted by atomic mass is 9.95. The van der Waals surface area contributed by atoms with E-state index < -0.39 is 5.72 Å². The first-order chi connectivity index (χ1) is 10.5. The summed E-state index contributed by atoms with van der Waals surface area (Å²) in [6, 6.07) is 16.3. The van der Waals surface area contributed by atoms with Crippen LogP contribution < -0.4 is 4.74 Å². The third-order valence-electron chi connectivity index (χ3n) is 4.28. The molecular formula is C18H17ClN2O. The van der Waals surface area contributed by atoms with Crippen LogP contribution in [0.25, 0.3) is 0 Å². The zero-order chi connectivity index (χ0) is 15.3. The minimum absolute atomic E-state index is 0.227. The maximum Gasteiger partial charge on any atom is 0.192 e. The molecule has 0 N–H and O–H groups in total. The van der Waals surface area contributed by atoms with Gasteiger partial charge < -0.3 is 4.74 Å². The van der Waals surface area contributed by atoms with E-state index in [-0.39, 0.29) is 6.04 Å². The molecule has 0 spiro atoms. The molecular weight excluding hydrogens is 296 g/mol. The molecule has 112 valence electrons. The second-order valence-corrected chi connectivity index (χ2v) is 6.64. The Morgan fingerprint density at radius 2 is 1.86 bits per heavy atom. The van der Waals surface area contributed by atoms with E-state index in [9.17, 15) is 0 Å². The smallest absolute Gasteiger partial charge is 0.192 e. The molecule has 2 aromatic rings. The van der Waals surface area contributed by atoms with Crippen LogP contribution in [0.15, 0.2) is 53.6 Å². The van der Waals surface area contributed by atoms with Gasteiger partial charge in [0.25, 0.3) is 0 Å². The van der Waals surface area contributed by atoms with Crippen molar-refractivity contribution in [1.29, 1.82) is 0 Å². The molecule has 0 aliphatic carbocycles. The van der Waals surface area contributed by atoms with E-state index in [4.69, 9.17) is 21.4 Å². The summed E-state index contributed by atoms with van der Waals surface area (Å²) in [5.41, 5.74) is 2.95. The van der Waals surface area contributed by atoms with Crippen LogP contribution in [0.4, 0.5) is 0 Å². The summed E-state index contributed by atoms with van der Waals surface area (Å²) in [5.74, 6) is 0.960. The van der Waals surface area contributed by atoms with Crippen molar-refractivity contribution in [2.45, 2.75) is 32.0 Å². The summed E-state index contributed by atoms with van der Waals surface area (Å²) < 4.78 is 6.13. The van der Waals surface area contributed by atoms with Gasteiger partial charge in [-0.1, -0.05) is 41.9 Å². The minimum Gasteiger partial charge on any atom is -0.467 e. The molecule has 0 radical (unpaired) electrons. The van der Waals surface area contributed by atoms with Crippen LogP contribution in [0.1, 0.15) is 37.4 Å². The molecule has 0 unspecified atom stereocenters. The summed E-state index contributed by atoms with van der Waals surface area (Å²) in [7, 11) is 0. The van der Waals surface area contributed by atoms with Crippen molar-refractivity contribution >= 4 is 17.3 Å². The lowest BCUT2D eigenvalue weighted by molar-refractivity contribution is -0.0911. The number of hydrogen-bond acceptors (Lipinski definition) is 3. The third-order valence-corrected chi connectivity index (χ3v) is 4.53. The van der Waals surface area contributed by atoms with Gasteiger partial charge in [-0.2, -0.15) is 5.10 Å². The van der Waals surface area contributed by atoms with Gasteiger partial charge in [0.05, 0.1) is 11.8 Å². The van der Waals surface area contributed by atoms with E-state index in [0.717, 1.165) is 28.5 Å².